The molecule has 1 heterocycles. The van der Waals surface area contributed by atoms with Crippen LogP contribution < -0.4 is 10.6 Å². The van der Waals surface area contributed by atoms with Crippen LogP contribution in [0.25, 0.3) is 0 Å². The first kappa shape index (κ1) is 23.2. The molecule has 0 spiro atoms. The Morgan fingerprint density at radius 2 is 1.72 bits per heavy atom. The van der Waals surface area contributed by atoms with Gasteiger partial charge in [-0.25, -0.2) is 0 Å². The fourth-order valence-electron chi connectivity index (χ4n) is 3.49. The van der Waals surface area contributed by atoms with E-state index in [4.69, 9.17) is 11.6 Å². The zero-order valence-electron chi connectivity index (χ0n) is 17.7. The Hall–Kier alpha value is -2.08. The van der Waals surface area contributed by atoms with Crippen LogP contribution in [0.5, 0.6) is 0 Å². The minimum absolute atomic E-state index is 0.0372. The zero-order valence-corrected chi connectivity index (χ0v) is 18.5. The van der Waals surface area contributed by atoms with Crippen molar-refractivity contribution >= 4 is 29.3 Å². The van der Waals surface area contributed by atoms with Gasteiger partial charge < -0.3 is 15.5 Å². The van der Waals surface area contributed by atoms with E-state index >= 15 is 0 Å². The number of nitrogens with zero attached hydrogens (tertiary/aromatic N) is 1. The standard InChI is InChI=1S/C22H32ClN3O3/c1-14(2)13-24-21(28)19(25-20(27)17-7-5-6-8-18(17)23)16-9-11-26(12-10-16)22(29)15(3)4/h5-8,14-16,19H,9-13H2,1-4H3,(H,24,28)(H,25,27)/t19-/m0/s1. The van der Waals surface area contributed by atoms with Gasteiger partial charge in [0.1, 0.15) is 6.04 Å². The van der Waals surface area contributed by atoms with E-state index < -0.39 is 6.04 Å². The summed E-state index contributed by atoms with van der Waals surface area (Å²) in [6, 6.07) is 6.14. The van der Waals surface area contributed by atoms with Crippen molar-refractivity contribution in [3.05, 3.63) is 34.9 Å². The van der Waals surface area contributed by atoms with Gasteiger partial charge in [0.05, 0.1) is 10.6 Å². The van der Waals surface area contributed by atoms with E-state index in [0.29, 0.717) is 49.0 Å². The van der Waals surface area contributed by atoms with Gasteiger partial charge in [-0.1, -0.05) is 51.4 Å². The van der Waals surface area contributed by atoms with Crippen molar-refractivity contribution < 1.29 is 14.4 Å². The smallest absolute Gasteiger partial charge is 0.253 e. The third kappa shape index (κ3) is 6.46. The summed E-state index contributed by atoms with van der Waals surface area (Å²) >= 11 is 6.15. The second kappa shape index (κ2) is 10.6. The number of hydrogen-bond donors (Lipinski definition) is 2. The Labute approximate surface area is 178 Å². The molecule has 0 radical (unpaired) electrons. The summed E-state index contributed by atoms with van der Waals surface area (Å²) in [7, 11) is 0. The predicted molar refractivity (Wildman–Crippen MR) is 115 cm³/mol. The van der Waals surface area contributed by atoms with Gasteiger partial charge >= 0.3 is 0 Å². The number of hydrogen-bond acceptors (Lipinski definition) is 3. The molecule has 0 bridgehead atoms. The van der Waals surface area contributed by atoms with Gasteiger partial charge in [-0.05, 0) is 36.8 Å². The number of likely N-dealkylation sites (tertiary alicyclic amines) is 1. The Bertz CT molecular complexity index is 728. The monoisotopic (exact) mass is 421 g/mol. The van der Waals surface area contributed by atoms with Crippen LogP contribution in [0.4, 0.5) is 0 Å². The van der Waals surface area contributed by atoms with E-state index in [2.05, 4.69) is 10.6 Å². The van der Waals surface area contributed by atoms with E-state index in [1.807, 2.05) is 32.6 Å². The number of carbonyl (C=O) groups excluding carboxylic acids is 3. The van der Waals surface area contributed by atoms with Gasteiger partial charge in [0, 0.05) is 25.6 Å². The Balaban J connectivity index is 2.11. The fraction of sp³-hybridized carbons (Fsp3) is 0.591. The summed E-state index contributed by atoms with van der Waals surface area (Å²) in [4.78, 5) is 39.8. The van der Waals surface area contributed by atoms with Gasteiger partial charge in [0.15, 0.2) is 0 Å². The molecule has 2 rings (SSSR count). The van der Waals surface area contributed by atoms with Crippen LogP contribution in [0, 0.1) is 17.8 Å². The van der Waals surface area contributed by atoms with Crippen molar-refractivity contribution in [3.63, 3.8) is 0 Å². The van der Waals surface area contributed by atoms with E-state index in [0.717, 1.165) is 0 Å². The van der Waals surface area contributed by atoms with E-state index in [1.165, 1.54) is 0 Å². The number of piperidine rings is 1. The van der Waals surface area contributed by atoms with Gasteiger partial charge in [-0.3, -0.25) is 14.4 Å². The van der Waals surface area contributed by atoms with Crippen LogP contribution in [0.1, 0.15) is 50.9 Å². The molecule has 29 heavy (non-hydrogen) atoms. The lowest BCUT2D eigenvalue weighted by Gasteiger charge is -2.36. The lowest BCUT2D eigenvalue weighted by Crippen LogP contribution is -2.54. The average molecular weight is 422 g/mol. The maximum Gasteiger partial charge on any atom is 0.253 e. The maximum absolute atomic E-state index is 12.9. The van der Waals surface area contributed by atoms with E-state index in [-0.39, 0.29) is 29.6 Å². The predicted octanol–water partition coefficient (Wildman–Crippen LogP) is 3.11. The SMILES string of the molecule is CC(C)CNC(=O)[C@@H](NC(=O)c1ccccc1Cl)C1CCN(C(=O)C(C)C)CC1. The van der Waals surface area contributed by atoms with E-state index in [9.17, 15) is 14.4 Å². The number of benzene rings is 1. The second-order valence-corrected chi connectivity index (χ2v) is 8.79. The van der Waals surface area contributed by atoms with Gasteiger partial charge in [0.2, 0.25) is 11.8 Å². The largest absolute Gasteiger partial charge is 0.354 e. The average Bonchev–Trinajstić information content (AvgIpc) is 2.70. The summed E-state index contributed by atoms with van der Waals surface area (Å²) in [5.74, 6) is -0.191. The molecule has 0 aromatic heterocycles. The Kier molecular flexibility index (Phi) is 8.50. The topological polar surface area (TPSA) is 78.5 Å². The molecule has 160 valence electrons. The van der Waals surface area contributed by atoms with Crippen molar-refractivity contribution in [2.75, 3.05) is 19.6 Å². The molecule has 0 saturated carbocycles. The van der Waals surface area contributed by atoms with Gasteiger partial charge in [-0.2, -0.15) is 0 Å². The summed E-state index contributed by atoms with van der Waals surface area (Å²) in [5, 5.41) is 6.18. The second-order valence-electron chi connectivity index (χ2n) is 8.39. The maximum atomic E-state index is 12.9. The van der Waals surface area contributed by atoms with Gasteiger partial charge in [-0.15, -0.1) is 0 Å². The zero-order chi connectivity index (χ0) is 21.6. The highest BCUT2D eigenvalue weighted by Gasteiger charge is 2.34. The molecule has 1 atom stereocenters. The first-order chi connectivity index (χ1) is 13.7. The highest BCUT2D eigenvalue weighted by atomic mass is 35.5. The summed E-state index contributed by atoms with van der Waals surface area (Å²) in [6.45, 7) is 9.55. The first-order valence-electron chi connectivity index (χ1n) is 10.3. The number of rotatable bonds is 7. The van der Waals surface area contributed by atoms with E-state index in [1.54, 1.807) is 24.3 Å². The fourth-order valence-corrected chi connectivity index (χ4v) is 3.72. The number of carbonyl (C=O) groups is 3. The molecule has 1 fully saturated rings. The molecule has 1 aromatic rings. The molecular weight excluding hydrogens is 390 g/mol. The third-order valence-electron chi connectivity index (χ3n) is 5.19. The molecule has 7 heteroatoms. The van der Waals surface area contributed by atoms with Crippen molar-refractivity contribution in [3.8, 4) is 0 Å². The molecular formula is C22H32ClN3O3. The molecule has 1 aliphatic rings. The van der Waals surface area contributed by atoms with Crippen molar-refractivity contribution in [2.45, 2.75) is 46.6 Å². The molecule has 3 amide bonds. The third-order valence-corrected chi connectivity index (χ3v) is 5.52. The Morgan fingerprint density at radius 3 is 2.28 bits per heavy atom. The highest BCUT2D eigenvalue weighted by molar-refractivity contribution is 6.33. The first-order valence-corrected chi connectivity index (χ1v) is 10.7. The van der Waals surface area contributed by atoms with Crippen LogP contribution in [0.2, 0.25) is 5.02 Å². The van der Waals surface area contributed by atoms with Crippen LogP contribution >= 0.6 is 11.6 Å². The highest BCUT2D eigenvalue weighted by Crippen LogP contribution is 2.23. The van der Waals surface area contributed by atoms with Crippen LogP contribution in [0.3, 0.4) is 0 Å². The molecule has 0 aliphatic carbocycles. The quantitative estimate of drug-likeness (QED) is 0.710. The minimum atomic E-state index is -0.658. The Morgan fingerprint density at radius 1 is 1.10 bits per heavy atom. The molecule has 0 unspecified atom stereocenters. The minimum Gasteiger partial charge on any atom is -0.354 e. The van der Waals surface area contributed by atoms with Crippen LogP contribution in [-0.2, 0) is 9.59 Å². The van der Waals surface area contributed by atoms with Crippen molar-refractivity contribution in [1.82, 2.24) is 15.5 Å². The molecule has 1 aromatic carbocycles. The number of amides is 3. The normalized spacial score (nSPS) is 16.0. The van der Waals surface area contributed by atoms with Gasteiger partial charge in [0.25, 0.3) is 5.91 Å². The number of nitrogens with one attached hydrogen (secondary N) is 2. The van der Waals surface area contributed by atoms with Crippen LogP contribution in [-0.4, -0.2) is 48.3 Å². The van der Waals surface area contributed by atoms with Crippen molar-refractivity contribution in [1.29, 1.82) is 0 Å². The summed E-state index contributed by atoms with van der Waals surface area (Å²) < 4.78 is 0. The van der Waals surface area contributed by atoms with Crippen molar-refractivity contribution in [2.24, 2.45) is 17.8 Å². The molecule has 1 saturated heterocycles. The lowest BCUT2D eigenvalue weighted by molar-refractivity contribution is -0.136. The number of halogens is 1. The molecule has 6 nitrogen and oxygen atoms in total. The lowest BCUT2D eigenvalue weighted by atomic mass is 9.88. The summed E-state index contributed by atoms with van der Waals surface area (Å²) in [5.41, 5.74) is 0.350. The molecule has 2 N–H and O–H groups in total. The van der Waals surface area contributed by atoms with Crippen LogP contribution in [0.15, 0.2) is 24.3 Å². The summed E-state index contributed by atoms with van der Waals surface area (Å²) in [6.07, 6.45) is 1.34. The molecule has 1 aliphatic heterocycles.